The van der Waals surface area contributed by atoms with Crippen molar-refractivity contribution in [3.8, 4) is 5.75 Å². The zero-order valence-corrected chi connectivity index (χ0v) is 11.5. The summed E-state index contributed by atoms with van der Waals surface area (Å²) in [6.45, 7) is 2.11. The molecule has 0 saturated heterocycles. The molecular weight excluding hydrogens is 244 g/mol. The van der Waals surface area contributed by atoms with Gasteiger partial charge in [0, 0.05) is 11.3 Å². The van der Waals surface area contributed by atoms with Crippen molar-refractivity contribution in [2.75, 3.05) is 7.11 Å². The largest absolute Gasteiger partial charge is 0.496 e. The Bertz CT molecular complexity index is 505. The summed E-state index contributed by atoms with van der Waals surface area (Å²) >= 11 is 1.62. The summed E-state index contributed by atoms with van der Waals surface area (Å²) in [5.41, 5.74) is 2.28. The van der Waals surface area contributed by atoms with E-state index >= 15 is 0 Å². The Morgan fingerprint density at radius 1 is 1.22 bits per heavy atom. The molecule has 96 valence electrons. The SMILES string of the molecule is CCc1ccsc1C(O)Cc1ccccc1OC. The minimum atomic E-state index is -0.448. The average molecular weight is 262 g/mol. The second-order valence-electron chi connectivity index (χ2n) is 4.20. The predicted octanol–water partition coefficient (Wildman–Crippen LogP) is 3.60. The van der Waals surface area contributed by atoms with Gasteiger partial charge in [-0.25, -0.2) is 0 Å². The van der Waals surface area contributed by atoms with Crippen LogP contribution in [0.2, 0.25) is 0 Å². The van der Waals surface area contributed by atoms with Crippen LogP contribution in [0.15, 0.2) is 35.7 Å². The quantitative estimate of drug-likeness (QED) is 0.892. The van der Waals surface area contributed by atoms with E-state index in [0.717, 1.165) is 22.6 Å². The van der Waals surface area contributed by atoms with Gasteiger partial charge in [-0.1, -0.05) is 25.1 Å². The third kappa shape index (κ3) is 2.74. The van der Waals surface area contributed by atoms with Crippen LogP contribution in [0.25, 0.3) is 0 Å². The highest BCUT2D eigenvalue weighted by Crippen LogP contribution is 2.30. The van der Waals surface area contributed by atoms with Crippen LogP contribution in [0.4, 0.5) is 0 Å². The first-order valence-electron chi connectivity index (χ1n) is 6.12. The fraction of sp³-hybridized carbons (Fsp3) is 0.333. The van der Waals surface area contributed by atoms with Crippen molar-refractivity contribution in [2.45, 2.75) is 25.9 Å². The van der Waals surface area contributed by atoms with Crippen LogP contribution >= 0.6 is 11.3 Å². The summed E-state index contributed by atoms with van der Waals surface area (Å²) in [6.07, 6.45) is 1.11. The van der Waals surface area contributed by atoms with Gasteiger partial charge in [-0.3, -0.25) is 0 Å². The van der Waals surface area contributed by atoms with Crippen molar-refractivity contribution >= 4 is 11.3 Å². The van der Waals surface area contributed by atoms with E-state index in [1.807, 2.05) is 29.6 Å². The lowest BCUT2D eigenvalue weighted by Gasteiger charge is -2.13. The van der Waals surface area contributed by atoms with Crippen molar-refractivity contribution in [3.05, 3.63) is 51.7 Å². The van der Waals surface area contributed by atoms with Crippen LogP contribution in [0.5, 0.6) is 5.75 Å². The van der Waals surface area contributed by atoms with Gasteiger partial charge in [-0.2, -0.15) is 0 Å². The van der Waals surface area contributed by atoms with Gasteiger partial charge in [0.2, 0.25) is 0 Å². The van der Waals surface area contributed by atoms with Crippen molar-refractivity contribution in [1.29, 1.82) is 0 Å². The van der Waals surface area contributed by atoms with Crippen molar-refractivity contribution in [2.24, 2.45) is 0 Å². The molecule has 1 unspecified atom stereocenters. The van der Waals surface area contributed by atoms with E-state index in [1.54, 1.807) is 18.4 Å². The molecule has 0 aliphatic heterocycles. The molecule has 2 nitrogen and oxygen atoms in total. The lowest BCUT2D eigenvalue weighted by Crippen LogP contribution is -2.03. The topological polar surface area (TPSA) is 29.5 Å². The highest BCUT2D eigenvalue weighted by molar-refractivity contribution is 7.10. The molecule has 0 aliphatic carbocycles. The number of methoxy groups -OCH3 is 1. The van der Waals surface area contributed by atoms with Gasteiger partial charge in [0.1, 0.15) is 5.75 Å². The summed E-state index contributed by atoms with van der Waals surface area (Å²) in [7, 11) is 1.66. The monoisotopic (exact) mass is 262 g/mol. The molecule has 1 heterocycles. The van der Waals surface area contributed by atoms with E-state index in [0.29, 0.717) is 6.42 Å². The molecule has 3 heteroatoms. The van der Waals surface area contributed by atoms with Crippen LogP contribution in [-0.2, 0) is 12.8 Å². The standard InChI is InChI=1S/C15H18O2S/c1-3-11-8-9-18-15(11)13(16)10-12-6-4-5-7-14(12)17-2/h4-9,13,16H,3,10H2,1-2H3. The van der Waals surface area contributed by atoms with Crippen LogP contribution < -0.4 is 4.74 Å². The fourth-order valence-corrected chi connectivity index (χ4v) is 3.09. The molecule has 2 rings (SSSR count). The van der Waals surface area contributed by atoms with Gasteiger partial charge >= 0.3 is 0 Å². The number of ether oxygens (including phenoxy) is 1. The number of aliphatic hydroxyl groups excluding tert-OH is 1. The van der Waals surface area contributed by atoms with E-state index in [9.17, 15) is 5.11 Å². The van der Waals surface area contributed by atoms with E-state index < -0.39 is 6.10 Å². The number of benzene rings is 1. The molecule has 0 saturated carbocycles. The summed E-state index contributed by atoms with van der Waals surface area (Å²) in [6, 6.07) is 9.93. The number of aryl methyl sites for hydroxylation is 1. The molecule has 18 heavy (non-hydrogen) atoms. The van der Waals surface area contributed by atoms with Crippen molar-refractivity contribution in [3.63, 3.8) is 0 Å². The minimum absolute atomic E-state index is 0.448. The van der Waals surface area contributed by atoms with Gasteiger partial charge < -0.3 is 9.84 Å². The van der Waals surface area contributed by atoms with E-state index in [-0.39, 0.29) is 0 Å². The van der Waals surface area contributed by atoms with Crippen molar-refractivity contribution < 1.29 is 9.84 Å². The first-order chi connectivity index (χ1) is 8.76. The molecule has 0 amide bonds. The predicted molar refractivity (Wildman–Crippen MR) is 75.4 cm³/mol. The van der Waals surface area contributed by atoms with Crippen molar-refractivity contribution in [1.82, 2.24) is 0 Å². The number of aliphatic hydroxyl groups is 1. The third-order valence-electron chi connectivity index (χ3n) is 3.07. The second-order valence-corrected chi connectivity index (χ2v) is 5.14. The number of hydrogen-bond acceptors (Lipinski definition) is 3. The maximum Gasteiger partial charge on any atom is 0.122 e. The molecule has 1 aromatic carbocycles. The smallest absolute Gasteiger partial charge is 0.122 e. The molecule has 0 aliphatic rings. The Morgan fingerprint density at radius 3 is 2.72 bits per heavy atom. The molecular formula is C15H18O2S. The summed E-state index contributed by atoms with van der Waals surface area (Å²) in [5.74, 6) is 0.839. The van der Waals surface area contributed by atoms with Crippen LogP contribution in [-0.4, -0.2) is 12.2 Å². The Morgan fingerprint density at radius 2 is 2.00 bits per heavy atom. The van der Waals surface area contributed by atoms with Gasteiger partial charge in [0.25, 0.3) is 0 Å². The normalized spacial score (nSPS) is 12.4. The Hall–Kier alpha value is -1.32. The molecule has 2 aromatic rings. The van der Waals surface area contributed by atoms with Crippen LogP contribution in [0.3, 0.4) is 0 Å². The third-order valence-corrected chi connectivity index (χ3v) is 4.13. The van der Waals surface area contributed by atoms with E-state index in [4.69, 9.17) is 4.74 Å². The van der Waals surface area contributed by atoms with E-state index in [2.05, 4.69) is 13.0 Å². The fourth-order valence-electron chi connectivity index (χ4n) is 2.10. The molecule has 0 radical (unpaired) electrons. The lowest BCUT2D eigenvalue weighted by molar-refractivity contribution is 0.180. The Kier molecular flexibility index (Phi) is 4.39. The van der Waals surface area contributed by atoms with Gasteiger partial charge in [-0.15, -0.1) is 11.3 Å². The number of para-hydroxylation sites is 1. The molecule has 1 aromatic heterocycles. The highest BCUT2D eigenvalue weighted by Gasteiger charge is 2.15. The zero-order chi connectivity index (χ0) is 13.0. The lowest BCUT2D eigenvalue weighted by atomic mass is 10.0. The number of thiophene rings is 1. The highest BCUT2D eigenvalue weighted by atomic mass is 32.1. The first kappa shape index (κ1) is 13.1. The second kappa shape index (κ2) is 6.03. The molecule has 1 atom stereocenters. The molecule has 0 fully saturated rings. The first-order valence-corrected chi connectivity index (χ1v) is 7.00. The summed E-state index contributed by atoms with van der Waals surface area (Å²) in [4.78, 5) is 1.07. The van der Waals surface area contributed by atoms with E-state index in [1.165, 1.54) is 5.56 Å². The molecule has 0 bridgehead atoms. The number of rotatable bonds is 5. The molecule has 1 N–H and O–H groups in total. The zero-order valence-electron chi connectivity index (χ0n) is 10.7. The Balaban J connectivity index is 2.18. The maximum atomic E-state index is 10.3. The maximum absolute atomic E-state index is 10.3. The molecule has 0 spiro atoms. The van der Waals surface area contributed by atoms with Gasteiger partial charge in [-0.05, 0) is 35.1 Å². The average Bonchev–Trinajstić information content (AvgIpc) is 2.87. The summed E-state index contributed by atoms with van der Waals surface area (Å²) < 4.78 is 5.31. The van der Waals surface area contributed by atoms with Crippen LogP contribution in [0.1, 0.15) is 29.0 Å². The van der Waals surface area contributed by atoms with Gasteiger partial charge in [0.05, 0.1) is 13.2 Å². The number of hydrogen-bond donors (Lipinski definition) is 1. The Labute approximate surface area is 112 Å². The minimum Gasteiger partial charge on any atom is -0.496 e. The van der Waals surface area contributed by atoms with Gasteiger partial charge in [0.15, 0.2) is 0 Å². The summed E-state index contributed by atoms with van der Waals surface area (Å²) in [5, 5.41) is 12.4. The van der Waals surface area contributed by atoms with Crippen LogP contribution in [0, 0.1) is 0 Å².